The van der Waals surface area contributed by atoms with Crippen molar-refractivity contribution in [1.82, 2.24) is 4.90 Å². The molecule has 1 amide bonds. The Morgan fingerprint density at radius 2 is 1.96 bits per heavy atom. The Morgan fingerprint density at radius 1 is 1.25 bits per heavy atom. The number of nitriles is 1. The minimum atomic E-state index is -0.0962. The third-order valence-electron chi connectivity index (χ3n) is 4.87. The van der Waals surface area contributed by atoms with E-state index >= 15 is 0 Å². The minimum Gasteiger partial charge on any atom is -0.489 e. The van der Waals surface area contributed by atoms with Gasteiger partial charge in [-0.05, 0) is 49.2 Å². The number of nitrogens with zero attached hydrogens (tertiary/aromatic N) is 2. The van der Waals surface area contributed by atoms with Crippen molar-refractivity contribution in [1.29, 1.82) is 5.26 Å². The van der Waals surface area contributed by atoms with Crippen LogP contribution in [0.3, 0.4) is 0 Å². The van der Waals surface area contributed by atoms with E-state index < -0.39 is 0 Å². The molecule has 0 radical (unpaired) electrons. The molecule has 2 aromatic rings. The van der Waals surface area contributed by atoms with E-state index in [2.05, 4.69) is 6.07 Å². The molecule has 0 spiro atoms. The van der Waals surface area contributed by atoms with Crippen LogP contribution in [0.4, 0.5) is 0 Å². The van der Waals surface area contributed by atoms with Crippen molar-refractivity contribution in [2.24, 2.45) is 0 Å². The van der Waals surface area contributed by atoms with Crippen LogP contribution in [0.1, 0.15) is 43.0 Å². The molecule has 1 heterocycles. The van der Waals surface area contributed by atoms with Gasteiger partial charge in [-0.15, -0.1) is 0 Å². The van der Waals surface area contributed by atoms with Gasteiger partial charge in [-0.3, -0.25) is 4.79 Å². The number of ether oxygens (including phenoxy) is 2. The van der Waals surface area contributed by atoms with Gasteiger partial charge in [0.05, 0.1) is 42.3 Å². The molecular formula is C22H23ClN2O3. The maximum absolute atomic E-state index is 13.0. The molecule has 0 saturated carbocycles. The van der Waals surface area contributed by atoms with Crippen LogP contribution >= 0.6 is 11.6 Å². The second kappa shape index (κ2) is 8.99. The minimum absolute atomic E-state index is 0.00455. The summed E-state index contributed by atoms with van der Waals surface area (Å²) in [5, 5.41) is 9.42. The van der Waals surface area contributed by atoms with E-state index in [0.29, 0.717) is 41.8 Å². The molecule has 0 aromatic heterocycles. The highest BCUT2D eigenvalue weighted by Crippen LogP contribution is 2.38. The Hall–Kier alpha value is -2.71. The number of rotatable bonds is 5. The van der Waals surface area contributed by atoms with E-state index in [1.54, 1.807) is 18.2 Å². The number of benzene rings is 2. The average Bonchev–Trinajstić information content (AvgIpc) is 2.94. The van der Waals surface area contributed by atoms with Gasteiger partial charge in [-0.2, -0.15) is 5.26 Å². The normalized spacial score (nSPS) is 13.9. The molecule has 3 rings (SSSR count). The number of hydrogen-bond acceptors (Lipinski definition) is 4. The molecule has 1 aliphatic rings. The summed E-state index contributed by atoms with van der Waals surface area (Å²) in [7, 11) is 0. The van der Waals surface area contributed by atoms with E-state index in [9.17, 15) is 4.79 Å². The lowest BCUT2D eigenvalue weighted by Gasteiger charge is -2.29. The molecular weight excluding hydrogens is 376 g/mol. The van der Waals surface area contributed by atoms with Crippen LogP contribution in [-0.4, -0.2) is 30.6 Å². The zero-order valence-electron chi connectivity index (χ0n) is 16.1. The number of fused-ring (bicyclic) bond motifs is 1. The average molecular weight is 399 g/mol. The van der Waals surface area contributed by atoms with Crippen molar-refractivity contribution >= 4 is 17.5 Å². The van der Waals surface area contributed by atoms with Crippen molar-refractivity contribution in [3.8, 4) is 17.6 Å². The van der Waals surface area contributed by atoms with Gasteiger partial charge in [0, 0.05) is 13.0 Å². The molecule has 5 nitrogen and oxygen atoms in total. The third-order valence-corrected chi connectivity index (χ3v) is 5.15. The second-order valence-electron chi connectivity index (χ2n) is 6.72. The van der Waals surface area contributed by atoms with Gasteiger partial charge in [0.2, 0.25) is 5.91 Å². The largest absolute Gasteiger partial charge is 0.489 e. The molecule has 1 atom stereocenters. The molecule has 28 heavy (non-hydrogen) atoms. The van der Waals surface area contributed by atoms with Crippen LogP contribution in [0.5, 0.6) is 11.5 Å². The first-order valence-corrected chi connectivity index (χ1v) is 9.78. The summed E-state index contributed by atoms with van der Waals surface area (Å²) in [5.74, 6) is 1.15. The van der Waals surface area contributed by atoms with Gasteiger partial charge >= 0.3 is 0 Å². The second-order valence-corrected chi connectivity index (χ2v) is 7.13. The van der Waals surface area contributed by atoms with Gasteiger partial charge in [0.25, 0.3) is 0 Å². The van der Waals surface area contributed by atoms with Crippen LogP contribution in [0.2, 0.25) is 5.02 Å². The summed E-state index contributed by atoms with van der Waals surface area (Å²) >= 11 is 6.35. The van der Waals surface area contributed by atoms with Gasteiger partial charge in [-0.25, -0.2) is 0 Å². The predicted molar refractivity (Wildman–Crippen MR) is 108 cm³/mol. The number of hydrogen-bond donors (Lipinski definition) is 0. The highest BCUT2D eigenvalue weighted by atomic mass is 35.5. The molecule has 0 bridgehead atoms. The fourth-order valence-electron chi connectivity index (χ4n) is 3.34. The number of carbonyl (C=O) groups is 1. The number of carbonyl (C=O) groups excluding carboxylic acids is 1. The van der Waals surface area contributed by atoms with Crippen LogP contribution in [-0.2, 0) is 11.2 Å². The smallest absolute Gasteiger partial charge is 0.227 e. The monoisotopic (exact) mass is 398 g/mol. The van der Waals surface area contributed by atoms with Crippen molar-refractivity contribution in [2.45, 2.75) is 32.7 Å². The Bertz CT molecular complexity index is 890. The molecule has 2 aromatic carbocycles. The zero-order valence-corrected chi connectivity index (χ0v) is 16.8. The van der Waals surface area contributed by atoms with E-state index in [1.165, 1.54) is 0 Å². The van der Waals surface area contributed by atoms with E-state index in [-0.39, 0.29) is 18.4 Å². The Morgan fingerprint density at radius 3 is 2.64 bits per heavy atom. The van der Waals surface area contributed by atoms with Crippen LogP contribution < -0.4 is 9.47 Å². The van der Waals surface area contributed by atoms with E-state index in [4.69, 9.17) is 26.3 Å². The van der Waals surface area contributed by atoms with Gasteiger partial charge in [0.1, 0.15) is 0 Å². The first-order chi connectivity index (χ1) is 13.5. The standard InChI is InChI=1S/C22H23ClN2O3/c1-3-25(15(2)18-7-5-16(14-24)6-8-18)21(26)13-17-11-19(23)22-20(12-17)27-9-4-10-28-22/h5-8,11-12,15H,3-4,9-10,13H2,1-2H3. The Kier molecular flexibility index (Phi) is 6.43. The summed E-state index contributed by atoms with van der Waals surface area (Å²) in [6, 6.07) is 13.0. The van der Waals surface area contributed by atoms with E-state index in [1.807, 2.05) is 36.9 Å². The first kappa shape index (κ1) is 20.0. The number of amides is 1. The molecule has 6 heteroatoms. The topological polar surface area (TPSA) is 62.6 Å². The van der Waals surface area contributed by atoms with Crippen molar-refractivity contribution in [3.05, 3.63) is 58.1 Å². The van der Waals surface area contributed by atoms with Crippen LogP contribution in [0, 0.1) is 11.3 Å². The summed E-state index contributed by atoms with van der Waals surface area (Å²) in [6.07, 6.45) is 1.02. The molecule has 1 aliphatic heterocycles. The third kappa shape index (κ3) is 4.40. The summed E-state index contributed by atoms with van der Waals surface area (Å²) < 4.78 is 11.4. The highest BCUT2D eigenvalue weighted by molar-refractivity contribution is 6.32. The lowest BCUT2D eigenvalue weighted by molar-refractivity contribution is -0.132. The quantitative estimate of drug-likeness (QED) is 0.742. The number of halogens is 1. The molecule has 0 saturated heterocycles. The Balaban J connectivity index is 1.77. The molecule has 146 valence electrons. The molecule has 0 N–H and O–H groups in total. The van der Waals surface area contributed by atoms with Crippen molar-refractivity contribution < 1.29 is 14.3 Å². The van der Waals surface area contributed by atoms with Crippen LogP contribution in [0.25, 0.3) is 0 Å². The molecule has 1 unspecified atom stereocenters. The Labute approximate surface area is 170 Å². The zero-order chi connectivity index (χ0) is 20.1. The van der Waals surface area contributed by atoms with Gasteiger partial charge in [0.15, 0.2) is 11.5 Å². The maximum atomic E-state index is 13.0. The highest BCUT2D eigenvalue weighted by Gasteiger charge is 2.22. The number of likely N-dealkylation sites (N-methyl/N-ethyl adjacent to an activating group) is 1. The predicted octanol–water partition coefficient (Wildman–Crippen LogP) is 4.53. The SMILES string of the molecule is CCN(C(=O)Cc1cc(Cl)c2c(c1)OCCCO2)C(C)c1ccc(C#N)cc1. The van der Waals surface area contributed by atoms with Crippen molar-refractivity contribution in [2.75, 3.05) is 19.8 Å². The fraction of sp³-hybridized carbons (Fsp3) is 0.364. The molecule has 0 aliphatic carbocycles. The van der Waals surface area contributed by atoms with Crippen LogP contribution in [0.15, 0.2) is 36.4 Å². The maximum Gasteiger partial charge on any atom is 0.227 e. The van der Waals surface area contributed by atoms with E-state index in [0.717, 1.165) is 17.5 Å². The summed E-state index contributed by atoms with van der Waals surface area (Å²) in [4.78, 5) is 14.8. The lowest BCUT2D eigenvalue weighted by atomic mass is 10.0. The fourth-order valence-corrected chi connectivity index (χ4v) is 3.63. The first-order valence-electron chi connectivity index (χ1n) is 9.41. The van der Waals surface area contributed by atoms with Gasteiger partial charge in [-0.1, -0.05) is 23.7 Å². The lowest BCUT2D eigenvalue weighted by Crippen LogP contribution is -2.34. The summed E-state index contributed by atoms with van der Waals surface area (Å²) in [6.45, 7) is 5.66. The molecule has 0 fully saturated rings. The van der Waals surface area contributed by atoms with Crippen molar-refractivity contribution in [3.63, 3.8) is 0 Å². The van der Waals surface area contributed by atoms with Gasteiger partial charge < -0.3 is 14.4 Å². The summed E-state index contributed by atoms with van der Waals surface area (Å²) in [5.41, 5.74) is 2.39.